The van der Waals surface area contributed by atoms with Crippen molar-refractivity contribution in [2.45, 2.75) is 46.5 Å². The first-order valence-corrected chi connectivity index (χ1v) is 9.63. The Morgan fingerprint density at radius 2 is 1.81 bits per heavy atom. The van der Waals surface area contributed by atoms with Crippen LogP contribution in [0.4, 0.5) is 11.4 Å². The molecule has 0 atom stereocenters. The molecule has 0 spiro atoms. The molecule has 0 saturated heterocycles. The first-order valence-electron chi connectivity index (χ1n) is 9.63. The zero-order valence-corrected chi connectivity index (χ0v) is 16.4. The van der Waals surface area contributed by atoms with Gasteiger partial charge in [0.15, 0.2) is 0 Å². The summed E-state index contributed by atoms with van der Waals surface area (Å²) in [5.41, 5.74) is 3.76. The summed E-state index contributed by atoms with van der Waals surface area (Å²) in [5.74, 6) is 0.172. The monoisotopic (exact) mass is 364 g/mol. The molecule has 142 valence electrons. The number of nitrogens with one attached hydrogen (secondary N) is 1. The average Bonchev–Trinajstić information content (AvgIpc) is 3.04. The fraction of sp³-hybridized carbons (Fsp3) is 0.391. The lowest BCUT2D eigenvalue weighted by Crippen LogP contribution is -2.38. The van der Waals surface area contributed by atoms with E-state index >= 15 is 0 Å². The van der Waals surface area contributed by atoms with Gasteiger partial charge in [-0.2, -0.15) is 0 Å². The maximum absolute atomic E-state index is 12.6. The fourth-order valence-corrected chi connectivity index (χ4v) is 3.42. The largest absolute Gasteiger partial charge is 0.326 e. The maximum Gasteiger partial charge on any atom is 0.232 e. The van der Waals surface area contributed by atoms with Crippen molar-refractivity contribution in [2.75, 3.05) is 16.8 Å². The molecule has 27 heavy (non-hydrogen) atoms. The summed E-state index contributed by atoms with van der Waals surface area (Å²) in [5, 5.41) is 2.99. The normalized spacial score (nSPS) is 13.4. The van der Waals surface area contributed by atoms with Gasteiger partial charge in [0.2, 0.25) is 11.8 Å². The Kier molecular flexibility index (Phi) is 5.64. The first-order chi connectivity index (χ1) is 12.8. The predicted molar refractivity (Wildman–Crippen MR) is 110 cm³/mol. The van der Waals surface area contributed by atoms with Gasteiger partial charge in [0, 0.05) is 29.8 Å². The molecule has 0 radical (unpaired) electrons. The average molecular weight is 364 g/mol. The molecule has 0 bridgehead atoms. The smallest absolute Gasteiger partial charge is 0.232 e. The second-order valence-electron chi connectivity index (χ2n) is 8.19. The molecule has 0 aliphatic carbocycles. The van der Waals surface area contributed by atoms with E-state index in [4.69, 9.17) is 0 Å². The van der Waals surface area contributed by atoms with Crippen LogP contribution in [0.1, 0.15) is 44.7 Å². The first kappa shape index (κ1) is 19.2. The number of amides is 2. The number of hydrogen-bond donors (Lipinski definition) is 1. The molecule has 0 aromatic heterocycles. The van der Waals surface area contributed by atoms with Crippen LogP contribution >= 0.6 is 0 Å². The van der Waals surface area contributed by atoms with E-state index in [-0.39, 0.29) is 11.8 Å². The van der Waals surface area contributed by atoms with E-state index < -0.39 is 5.41 Å². The van der Waals surface area contributed by atoms with Crippen molar-refractivity contribution in [1.82, 2.24) is 0 Å². The highest BCUT2D eigenvalue weighted by Crippen LogP contribution is 2.33. The van der Waals surface area contributed by atoms with E-state index in [1.165, 1.54) is 5.56 Å². The van der Waals surface area contributed by atoms with E-state index in [1.807, 2.05) is 62.1 Å². The minimum Gasteiger partial charge on any atom is -0.326 e. The number of benzene rings is 2. The predicted octanol–water partition coefficient (Wildman–Crippen LogP) is 4.58. The van der Waals surface area contributed by atoms with Gasteiger partial charge in [-0.1, -0.05) is 51.1 Å². The van der Waals surface area contributed by atoms with Crippen molar-refractivity contribution in [3.63, 3.8) is 0 Å². The third kappa shape index (κ3) is 4.76. The van der Waals surface area contributed by atoms with Gasteiger partial charge in [-0.3, -0.25) is 9.59 Å². The molecule has 1 aliphatic heterocycles. The molecule has 0 saturated carbocycles. The molecular weight excluding hydrogens is 336 g/mol. The van der Waals surface area contributed by atoms with Crippen LogP contribution in [-0.2, 0) is 22.4 Å². The van der Waals surface area contributed by atoms with Crippen molar-refractivity contribution in [3.05, 3.63) is 59.7 Å². The number of rotatable bonds is 5. The lowest BCUT2D eigenvalue weighted by atomic mass is 9.94. The Bertz CT molecular complexity index is 822. The zero-order valence-electron chi connectivity index (χ0n) is 16.4. The van der Waals surface area contributed by atoms with Crippen LogP contribution in [0.5, 0.6) is 0 Å². The van der Waals surface area contributed by atoms with Crippen LogP contribution in [0.2, 0.25) is 0 Å². The fourth-order valence-electron chi connectivity index (χ4n) is 3.42. The van der Waals surface area contributed by atoms with Crippen LogP contribution < -0.4 is 10.2 Å². The summed E-state index contributed by atoms with van der Waals surface area (Å²) in [6, 6.07) is 16.1. The van der Waals surface area contributed by atoms with Crippen LogP contribution in [0, 0.1) is 5.41 Å². The van der Waals surface area contributed by atoms with Crippen molar-refractivity contribution in [2.24, 2.45) is 5.41 Å². The van der Waals surface area contributed by atoms with Gasteiger partial charge in [-0.15, -0.1) is 0 Å². The van der Waals surface area contributed by atoms with E-state index in [1.54, 1.807) is 0 Å². The number of hydrogen-bond acceptors (Lipinski definition) is 2. The third-order valence-electron chi connectivity index (χ3n) is 4.86. The molecule has 1 N–H and O–H groups in total. The summed E-state index contributed by atoms with van der Waals surface area (Å²) in [6.45, 7) is 6.53. The summed E-state index contributed by atoms with van der Waals surface area (Å²) < 4.78 is 0. The summed E-state index contributed by atoms with van der Waals surface area (Å²) in [6.07, 6.45) is 3.06. The van der Waals surface area contributed by atoms with E-state index in [9.17, 15) is 9.59 Å². The Morgan fingerprint density at radius 3 is 2.52 bits per heavy atom. The standard InChI is InChI=1S/C23H28N2O2/c1-23(2,3)22(27)25-15-14-18-16-19(12-13-20(18)25)24-21(26)11-7-10-17-8-5-4-6-9-17/h4-6,8-9,12-13,16H,7,10-11,14-15H2,1-3H3,(H,24,26). The van der Waals surface area contributed by atoms with Crippen LogP contribution in [0.3, 0.4) is 0 Å². The lowest BCUT2D eigenvalue weighted by Gasteiger charge is -2.26. The highest BCUT2D eigenvalue weighted by Gasteiger charge is 2.32. The van der Waals surface area contributed by atoms with Crippen molar-refractivity contribution < 1.29 is 9.59 Å². The number of nitrogens with zero attached hydrogens (tertiary/aromatic N) is 1. The van der Waals surface area contributed by atoms with E-state index in [0.29, 0.717) is 13.0 Å². The molecule has 2 aromatic carbocycles. The molecule has 1 aliphatic rings. The van der Waals surface area contributed by atoms with Crippen molar-refractivity contribution in [3.8, 4) is 0 Å². The van der Waals surface area contributed by atoms with Gasteiger partial charge < -0.3 is 10.2 Å². The second-order valence-corrected chi connectivity index (χ2v) is 8.19. The SMILES string of the molecule is CC(C)(C)C(=O)N1CCc2cc(NC(=O)CCCc3ccccc3)ccc21. The van der Waals surface area contributed by atoms with Crippen molar-refractivity contribution >= 4 is 23.2 Å². The Morgan fingerprint density at radius 1 is 1.07 bits per heavy atom. The molecule has 2 amide bonds. The number of aryl methyl sites for hydroxylation is 1. The topological polar surface area (TPSA) is 49.4 Å². The molecule has 0 unspecified atom stereocenters. The second kappa shape index (κ2) is 7.95. The number of carbonyl (C=O) groups is 2. The van der Waals surface area contributed by atoms with Crippen molar-refractivity contribution in [1.29, 1.82) is 0 Å². The van der Waals surface area contributed by atoms with Crippen LogP contribution in [0.25, 0.3) is 0 Å². The highest BCUT2D eigenvalue weighted by molar-refractivity contribution is 5.99. The lowest BCUT2D eigenvalue weighted by molar-refractivity contribution is -0.125. The summed E-state index contributed by atoms with van der Waals surface area (Å²) in [4.78, 5) is 26.7. The third-order valence-corrected chi connectivity index (χ3v) is 4.86. The molecule has 2 aromatic rings. The number of fused-ring (bicyclic) bond motifs is 1. The molecule has 0 fully saturated rings. The minimum atomic E-state index is -0.396. The quantitative estimate of drug-likeness (QED) is 0.844. The number of carbonyl (C=O) groups excluding carboxylic acids is 2. The summed E-state index contributed by atoms with van der Waals surface area (Å²) in [7, 11) is 0. The van der Waals surface area contributed by atoms with E-state index in [0.717, 1.165) is 36.2 Å². The Hall–Kier alpha value is -2.62. The molecule has 1 heterocycles. The van der Waals surface area contributed by atoms with E-state index in [2.05, 4.69) is 17.4 Å². The van der Waals surface area contributed by atoms with Gasteiger partial charge in [0.1, 0.15) is 0 Å². The number of anilines is 2. The molecule has 4 nitrogen and oxygen atoms in total. The van der Waals surface area contributed by atoms with Gasteiger partial charge in [-0.25, -0.2) is 0 Å². The van der Waals surface area contributed by atoms with Gasteiger partial charge >= 0.3 is 0 Å². The molecular formula is C23H28N2O2. The van der Waals surface area contributed by atoms with Gasteiger partial charge in [0.05, 0.1) is 0 Å². The molecule has 4 heteroatoms. The maximum atomic E-state index is 12.6. The van der Waals surface area contributed by atoms with Gasteiger partial charge in [-0.05, 0) is 48.6 Å². The zero-order chi connectivity index (χ0) is 19.4. The van der Waals surface area contributed by atoms with Crippen LogP contribution in [-0.4, -0.2) is 18.4 Å². The summed E-state index contributed by atoms with van der Waals surface area (Å²) >= 11 is 0. The highest BCUT2D eigenvalue weighted by atomic mass is 16.2. The minimum absolute atomic E-state index is 0.0338. The van der Waals surface area contributed by atoms with Crippen LogP contribution in [0.15, 0.2) is 48.5 Å². The Labute approximate surface area is 161 Å². The Balaban J connectivity index is 1.56. The molecule has 3 rings (SSSR count). The van der Waals surface area contributed by atoms with Gasteiger partial charge in [0.25, 0.3) is 0 Å².